The van der Waals surface area contributed by atoms with E-state index in [1.807, 2.05) is 12.1 Å². The van der Waals surface area contributed by atoms with Gasteiger partial charge in [-0.1, -0.05) is 96.0 Å². The Bertz CT molecular complexity index is 1510. The first-order valence-electron chi connectivity index (χ1n) is 14.3. The van der Waals surface area contributed by atoms with E-state index >= 15 is 0 Å². The number of piperidine rings is 1. The number of likely N-dealkylation sites (tertiary alicyclic amines) is 1. The van der Waals surface area contributed by atoms with Gasteiger partial charge in [0.05, 0.1) is 34.2 Å². The van der Waals surface area contributed by atoms with Gasteiger partial charge in [0.2, 0.25) is 0 Å². The lowest BCUT2D eigenvalue weighted by molar-refractivity contribution is -0.140. The molecule has 1 unspecified atom stereocenters. The molecular weight excluding hydrogens is 585 g/mol. The molecule has 2 heterocycles. The molecule has 0 radical (unpaired) electrons. The van der Waals surface area contributed by atoms with Crippen molar-refractivity contribution in [3.05, 3.63) is 128 Å². The highest BCUT2D eigenvalue weighted by Gasteiger charge is 2.40. The van der Waals surface area contributed by atoms with Crippen molar-refractivity contribution in [3.63, 3.8) is 0 Å². The van der Waals surface area contributed by atoms with E-state index in [0.717, 1.165) is 25.9 Å². The van der Waals surface area contributed by atoms with E-state index in [-0.39, 0.29) is 39.0 Å². The molecule has 0 aromatic heterocycles. The molecule has 0 bridgehead atoms. The molecule has 0 spiro atoms. The number of nitrogens with two attached hydrogens (primary N) is 1. The number of methoxy groups -OCH3 is 1. The zero-order valence-electron chi connectivity index (χ0n) is 24.2. The van der Waals surface area contributed by atoms with E-state index in [4.69, 9.17) is 38.4 Å². The van der Waals surface area contributed by atoms with Gasteiger partial charge < -0.3 is 20.5 Å². The number of nitrogens with zero attached hydrogens (tertiary/aromatic N) is 1. The summed E-state index contributed by atoms with van der Waals surface area (Å²) in [5.74, 6) is -2.09. The molecule has 1 saturated heterocycles. The minimum Gasteiger partial charge on any atom is -0.466 e. The molecule has 43 heavy (non-hydrogen) atoms. The molecule has 224 valence electrons. The van der Waals surface area contributed by atoms with Gasteiger partial charge in [-0.3, -0.25) is 4.90 Å². The van der Waals surface area contributed by atoms with Crippen molar-refractivity contribution in [3.8, 4) is 0 Å². The summed E-state index contributed by atoms with van der Waals surface area (Å²) in [6.07, 6.45) is 1.90. The van der Waals surface area contributed by atoms with Crippen LogP contribution in [0.15, 0.2) is 102 Å². The van der Waals surface area contributed by atoms with Crippen LogP contribution < -0.4 is 11.1 Å². The second kappa shape index (κ2) is 13.2. The van der Waals surface area contributed by atoms with Crippen LogP contribution in [0.2, 0.25) is 10.0 Å². The number of hydrogen-bond donors (Lipinski definition) is 2. The maximum atomic E-state index is 13.6. The normalized spacial score (nSPS) is 18.7. The Kier molecular flexibility index (Phi) is 9.45. The van der Waals surface area contributed by atoms with Gasteiger partial charge >= 0.3 is 11.9 Å². The number of ether oxygens (including phenoxy) is 2. The number of carbonyl (C=O) groups is 2. The van der Waals surface area contributed by atoms with Gasteiger partial charge in [-0.25, -0.2) is 9.59 Å². The van der Waals surface area contributed by atoms with E-state index in [1.54, 1.807) is 25.1 Å². The molecule has 3 N–H and O–H groups in total. The summed E-state index contributed by atoms with van der Waals surface area (Å²) in [6.45, 7) is 4.19. The summed E-state index contributed by atoms with van der Waals surface area (Å²) < 4.78 is 10.8. The quantitative estimate of drug-likeness (QED) is 0.302. The van der Waals surface area contributed by atoms with Crippen LogP contribution in [0.4, 0.5) is 0 Å². The van der Waals surface area contributed by atoms with E-state index in [0.29, 0.717) is 17.8 Å². The van der Waals surface area contributed by atoms with Crippen molar-refractivity contribution < 1.29 is 19.1 Å². The van der Waals surface area contributed by atoms with Crippen LogP contribution in [0.25, 0.3) is 0 Å². The summed E-state index contributed by atoms with van der Waals surface area (Å²) >= 11 is 12.9. The lowest BCUT2D eigenvalue weighted by Gasteiger charge is -2.43. The third-order valence-electron chi connectivity index (χ3n) is 8.51. The van der Waals surface area contributed by atoms with Crippen molar-refractivity contribution >= 4 is 35.1 Å². The van der Waals surface area contributed by atoms with Crippen LogP contribution in [0, 0.1) is 0 Å². The molecule has 1 atom stereocenters. The minimum absolute atomic E-state index is 0.0641. The Morgan fingerprint density at radius 1 is 0.907 bits per heavy atom. The van der Waals surface area contributed by atoms with Gasteiger partial charge in [-0.05, 0) is 55.6 Å². The van der Waals surface area contributed by atoms with E-state index in [9.17, 15) is 9.59 Å². The highest BCUT2D eigenvalue weighted by Crippen LogP contribution is 2.44. The fourth-order valence-electron chi connectivity index (χ4n) is 6.28. The van der Waals surface area contributed by atoms with Gasteiger partial charge in [0.25, 0.3) is 0 Å². The Morgan fingerprint density at radius 2 is 1.51 bits per heavy atom. The van der Waals surface area contributed by atoms with Crippen LogP contribution >= 0.6 is 23.2 Å². The Hall–Kier alpha value is -3.78. The second-order valence-electron chi connectivity index (χ2n) is 10.9. The predicted octanol–water partition coefficient (Wildman–Crippen LogP) is 5.92. The number of halogens is 2. The highest BCUT2D eigenvalue weighted by molar-refractivity contribution is 6.42. The Morgan fingerprint density at radius 3 is 2.09 bits per heavy atom. The summed E-state index contributed by atoms with van der Waals surface area (Å²) in [5, 5.41) is 3.45. The molecule has 9 heteroatoms. The van der Waals surface area contributed by atoms with Crippen molar-refractivity contribution in [1.82, 2.24) is 10.2 Å². The lowest BCUT2D eigenvalue weighted by Crippen LogP contribution is -2.44. The third kappa shape index (κ3) is 6.16. The van der Waals surface area contributed by atoms with Gasteiger partial charge in [0.15, 0.2) is 0 Å². The molecule has 3 aromatic rings. The Labute approximate surface area is 262 Å². The SMILES string of the molecule is COC(=O)C1=C(N)NC(C)=C(C(=O)OCCN2CCC(c3ccccc3)(c3ccccc3)CC2)C1c1cccc(Cl)c1Cl. The highest BCUT2D eigenvalue weighted by atomic mass is 35.5. The second-order valence-corrected chi connectivity index (χ2v) is 11.6. The number of hydrogen-bond acceptors (Lipinski definition) is 7. The number of carbonyl (C=O) groups excluding carboxylic acids is 2. The number of rotatable bonds is 8. The molecule has 1 fully saturated rings. The molecule has 0 aliphatic carbocycles. The fraction of sp³-hybridized carbons (Fsp3) is 0.294. The monoisotopic (exact) mass is 619 g/mol. The summed E-state index contributed by atoms with van der Waals surface area (Å²) in [7, 11) is 1.26. The average molecular weight is 621 g/mol. The molecule has 0 amide bonds. The predicted molar refractivity (Wildman–Crippen MR) is 169 cm³/mol. The van der Waals surface area contributed by atoms with E-state index in [1.165, 1.54) is 18.2 Å². The smallest absolute Gasteiger partial charge is 0.338 e. The maximum absolute atomic E-state index is 13.6. The largest absolute Gasteiger partial charge is 0.466 e. The van der Waals surface area contributed by atoms with Gasteiger partial charge in [-0.2, -0.15) is 0 Å². The molecule has 2 aliphatic heterocycles. The number of allylic oxidation sites excluding steroid dienone is 1. The first-order chi connectivity index (χ1) is 20.8. The first kappa shape index (κ1) is 30.7. The first-order valence-corrected chi connectivity index (χ1v) is 15.0. The number of nitrogens with one attached hydrogen (secondary N) is 1. The van der Waals surface area contributed by atoms with Crippen molar-refractivity contribution in [1.29, 1.82) is 0 Å². The number of dihydropyridines is 1. The minimum atomic E-state index is -0.917. The molecule has 7 nitrogen and oxygen atoms in total. The Balaban J connectivity index is 1.30. The summed E-state index contributed by atoms with van der Waals surface area (Å²) in [6, 6.07) is 26.4. The zero-order valence-corrected chi connectivity index (χ0v) is 25.8. The molecule has 2 aliphatic rings. The van der Waals surface area contributed by atoms with Crippen molar-refractivity contribution in [2.24, 2.45) is 5.73 Å². The van der Waals surface area contributed by atoms with Crippen LogP contribution in [0.5, 0.6) is 0 Å². The fourth-order valence-corrected chi connectivity index (χ4v) is 6.70. The molecule has 0 saturated carbocycles. The zero-order chi connectivity index (χ0) is 30.6. The van der Waals surface area contributed by atoms with Crippen molar-refractivity contribution in [2.75, 3.05) is 33.4 Å². The van der Waals surface area contributed by atoms with E-state index in [2.05, 4.69) is 58.7 Å². The summed E-state index contributed by atoms with van der Waals surface area (Å²) in [4.78, 5) is 28.8. The number of benzene rings is 3. The van der Waals surface area contributed by atoms with E-state index < -0.39 is 17.9 Å². The van der Waals surface area contributed by atoms with Crippen LogP contribution in [-0.4, -0.2) is 50.2 Å². The van der Waals surface area contributed by atoms with Gasteiger partial charge in [0.1, 0.15) is 12.4 Å². The molecule has 3 aromatic carbocycles. The maximum Gasteiger partial charge on any atom is 0.338 e. The van der Waals surface area contributed by atoms with Gasteiger partial charge in [0, 0.05) is 17.7 Å². The standard InChI is InChI=1S/C34H35Cl2N3O4/c1-22-27(28(25-14-9-15-26(35)30(25)36)29(31(37)38-22)32(40)42-2)33(41)43-21-20-39-18-16-34(17-19-39,23-10-5-3-6-11-23)24-12-7-4-8-13-24/h3-15,28,38H,16-21,37H2,1-2H3. The van der Waals surface area contributed by atoms with Gasteiger partial charge in [-0.15, -0.1) is 0 Å². The molecule has 5 rings (SSSR count). The lowest BCUT2D eigenvalue weighted by atomic mass is 9.68. The average Bonchev–Trinajstić information content (AvgIpc) is 3.03. The van der Waals surface area contributed by atoms with Crippen LogP contribution in [-0.2, 0) is 24.5 Å². The van der Waals surface area contributed by atoms with Crippen LogP contribution in [0.1, 0.15) is 42.4 Å². The third-order valence-corrected chi connectivity index (χ3v) is 9.35. The van der Waals surface area contributed by atoms with Crippen LogP contribution in [0.3, 0.4) is 0 Å². The van der Waals surface area contributed by atoms with Crippen molar-refractivity contribution in [2.45, 2.75) is 31.1 Å². The molecular formula is C34H35Cl2N3O4. The topological polar surface area (TPSA) is 93.9 Å². The number of esters is 2. The summed E-state index contributed by atoms with van der Waals surface area (Å²) in [5.41, 5.74) is 10.0.